The summed E-state index contributed by atoms with van der Waals surface area (Å²) in [7, 11) is 1.42. The summed E-state index contributed by atoms with van der Waals surface area (Å²) >= 11 is 7.20. The van der Waals surface area contributed by atoms with Crippen LogP contribution < -0.4 is 10.2 Å². The zero-order valence-electron chi connectivity index (χ0n) is 10.5. The van der Waals surface area contributed by atoms with Gasteiger partial charge in [-0.2, -0.15) is 5.10 Å². The van der Waals surface area contributed by atoms with E-state index in [1.54, 1.807) is 17.5 Å². The lowest BCUT2D eigenvalue weighted by Crippen LogP contribution is -2.16. The third-order valence-electron chi connectivity index (χ3n) is 2.40. The van der Waals surface area contributed by atoms with E-state index in [9.17, 15) is 9.90 Å². The zero-order valence-corrected chi connectivity index (χ0v) is 12.0. The van der Waals surface area contributed by atoms with Crippen molar-refractivity contribution in [3.05, 3.63) is 45.1 Å². The molecule has 7 heteroatoms. The molecule has 0 atom stereocenters. The van der Waals surface area contributed by atoms with Gasteiger partial charge in [0.15, 0.2) is 11.5 Å². The van der Waals surface area contributed by atoms with E-state index in [-0.39, 0.29) is 17.4 Å². The standard InChI is InChI=1S/C13H11ClN2O3S/c1-19-10-6-9(14)5-8(12(10)17)7-15-16-13(18)11-3-2-4-20-11/h2-7,17H,1H3,(H,16,18)/b15-7-. The number of carbonyl (C=O) groups excluding carboxylic acids is 1. The second kappa shape index (κ2) is 6.40. The number of phenols is 1. The Morgan fingerprint density at radius 3 is 3.00 bits per heavy atom. The molecule has 5 nitrogen and oxygen atoms in total. The van der Waals surface area contributed by atoms with Gasteiger partial charge in [-0.1, -0.05) is 17.7 Å². The molecule has 2 aromatic rings. The molecular formula is C13H11ClN2O3S. The van der Waals surface area contributed by atoms with Gasteiger partial charge in [-0.15, -0.1) is 11.3 Å². The maximum atomic E-state index is 11.6. The number of nitrogens with zero attached hydrogens (tertiary/aromatic N) is 1. The first-order valence-electron chi connectivity index (χ1n) is 5.55. The van der Waals surface area contributed by atoms with Crippen molar-refractivity contribution in [2.45, 2.75) is 0 Å². The molecule has 20 heavy (non-hydrogen) atoms. The van der Waals surface area contributed by atoms with Crippen molar-refractivity contribution >= 4 is 35.1 Å². The number of phenolic OH excluding ortho intramolecular Hbond substituents is 1. The molecule has 2 rings (SSSR count). The maximum Gasteiger partial charge on any atom is 0.281 e. The fourth-order valence-electron chi connectivity index (χ4n) is 1.47. The lowest BCUT2D eigenvalue weighted by Gasteiger charge is -2.06. The molecule has 1 aromatic carbocycles. The average molecular weight is 311 g/mol. The Morgan fingerprint density at radius 2 is 2.35 bits per heavy atom. The number of hydrogen-bond acceptors (Lipinski definition) is 5. The number of ether oxygens (including phenoxy) is 1. The van der Waals surface area contributed by atoms with Crippen molar-refractivity contribution < 1.29 is 14.6 Å². The van der Waals surface area contributed by atoms with Crippen LogP contribution in [0.5, 0.6) is 11.5 Å². The first-order chi connectivity index (χ1) is 9.61. The van der Waals surface area contributed by atoms with E-state index in [0.29, 0.717) is 15.5 Å². The van der Waals surface area contributed by atoms with Gasteiger partial charge < -0.3 is 9.84 Å². The Balaban J connectivity index is 2.12. The maximum absolute atomic E-state index is 11.6. The number of carbonyl (C=O) groups is 1. The third kappa shape index (κ3) is 3.28. The molecule has 0 fully saturated rings. The second-order valence-corrected chi connectivity index (χ2v) is 5.11. The van der Waals surface area contributed by atoms with Crippen molar-refractivity contribution in [1.29, 1.82) is 0 Å². The van der Waals surface area contributed by atoms with Gasteiger partial charge in [0.25, 0.3) is 5.91 Å². The van der Waals surface area contributed by atoms with Crippen LogP contribution in [0.15, 0.2) is 34.7 Å². The molecule has 0 aliphatic carbocycles. The smallest absolute Gasteiger partial charge is 0.281 e. The van der Waals surface area contributed by atoms with Crippen LogP contribution in [0.4, 0.5) is 0 Å². The normalized spacial score (nSPS) is 10.7. The third-order valence-corrected chi connectivity index (χ3v) is 3.49. The van der Waals surface area contributed by atoms with E-state index in [1.165, 1.54) is 36.8 Å². The van der Waals surface area contributed by atoms with Gasteiger partial charge in [-0.05, 0) is 17.5 Å². The molecule has 0 aliphatic heterocycles. The average Bonchev–Trinajstić information content (AvgIpc) is 2.96. The summed E-state index contributed by atoms with van der Waals surface area (Å²) in [5.41, 5.74) is 2.71. The quantitative estimate of drug-likeness (QED) is 0.674. The molecule has 2 N–H and O–H groups in total. The van der Waals surface area contributed by atoms with Crippen molar-refractivity contribution in [2.24, 2.45) is 5.10 Å². The van der Waals surface area contributed by atoms with E-state index in [0.717, 1.165) is 0 Å². The van der Waals surface area contributed by atoms with Crippen molar-refractivity contribution in [3.63, 3.8) is 0 Å². The number of benzene rings is 1. The zero-order chi connectivity index (χ0) is 14.5. The molecule has 1 aromatic heterocycles. The number of rotatable bonds is 4. The van der Waals surface area contributed by atoms with Gasteiger partial charge in [-0.25, -0.2) is 5.43 Å². The molecular weight excluding hydrogens is 300 g/mol. The largest absolute Gasteiger partial charge is 0.504 e. The van der Waals surface area contributed by atoms with Crippen LogP contribution in [0.2, 0.25) is 5.02 Å². The van der Waals surface area contributed by atoms with Gasteiger partial charge in [0.2, 0.25) is 0 Å². The van der Waals surface area contributed by atoms with Crippen LogP contribution in [-0.2, 0) is 0 Å². The Morgan fingerprint density at radius 1 is 1.55 bits per heavy atom. The number of thiophene rings is 1. The number of hydrogen-bond donors (Lipinski definition) is 2. The monoisotopic (exact) mass is 310 g/mol. The van der Waals surface area contributed by atoms with Crippen LogP contribution in [0.1, 0.15) is 15.2 Å². The predicted molar refractivity (Wildman–Crippen MR) is 79.0 cm³/mol. The van der Waals surface area contributed by atoms with E-state index in [1.807, 2.05) is 0 Å². The van der Waals surface area contributed by atoms with Gasteiger partial charge in [0.1, 0.15) is 0 Å². The predicted octanol–water partition coefficient (Wildman–Crippen LogP) is 2.88. The minimum atomic E-state index is -0.315. The van der Waals surface area contributed by atoms with Gasteiger partial charge in [0, 0.05) is 16.7 Å². The van der Waals surface area contributed by atoms with Crippen molar-refractivity contribution in [1.82, 2.24) is 5.43 Å². The Bertz CT molecular complexity index is 641. The highest BCUT2D eigenvalue weighted by molar-refractivity contribution is 7.12. The summed E-state index contributed by atoms with van der Waals surface area (Å²) in [6.07, 6.45) is 1.30. The molecule has 0 saturated carbocycles. The summed E-state index contributed by atoms with van der Waals surface area (Å²) in [6.45, 7) is 0. The summed E-state index contributed by atoms with van der Waals surface area (Å²) in [5.74, 6) is -0.167. The Hall–Kier alpha value is -2.05. The number of aromatic hydroxyl groups is 1. The number of hydrazone groups is 1. The van der Waals surface area contributed by atoms with Gasteiger partial charge >= 0.3 is 0 Å². The lowest BCUT2D eigenvalue weighted by atomic mass is 10.2. The minimum absolute atomic E-state index is 0.0916. The molecule has 0 radical (unpaired) electrons. The van der Waals surface area contributed by atoms with Crippen LogP contribution >= 0.6 is 22.9 Å². The number of methoxy groups -OCH3 is 1. The summed E-state index contributed by atoms with van der Waals surface area (Å²) in [5, 5.41) is 15.9. The topological polar surface area (TPSA) is 70.9 Å². The molecule has 1 amide bonds. The molecule has 104 valence electrons. The molecule has 0 aliphatic rings. The van der Waals surface area contributed by atoms with Crippen LogP contribution in [0, 0.1) is 0 Å². The molecule has 0 spiro atoms. The van der Waals surface area contributed by atoms with Crippen molar-refractivity contribution in [2.75, 3.05) is 7.11 Å². The van der Waals surface area contributed by atoms with Crippen LogP contribution in [-0.4, -0.2) is 24.3 Å². The SMILES string of the molecule is COc1cc(Cl)cc(/C=N\NC(=O)c2cccs2)c1O. The van der Waals surface area contributed by atoms with Crippen LogP contribution in [0.25, 0.3) is 0 Å². The first kappa shape index (κ1) is 14.4. The minimum Gasteiger partial charge on any atom is -0.504 e. The highest BCUT2D eigenvalue weighted by Crippen LogP contribution is 2.32. The molecule has 0 saturated heterocycles. The molecule has 1 heterocycles. The molecule has 0 bridgehead atoms. The van der Waals surface area contributed by atoms with E-state index >= 15 is 0 Å². The summed E-state index contributed by atoms with van der Waals surface area (Å²) in [4.78, 5) is 12.2. The van der Waals surface area contributed by atoms with E-state index in [2.05, 4.69) is 10.5 Å². The summed E-state index contributed by atoms with van der Waals surface area (Å²) < 4.78 is 4.97. The second-order valence-electron chi connectivity index (χ2n) is 3.72. The highest BCUT2D eigenvalue weighted by atomic mass is 35.5. The number of halogens is 1. The van der Waals surface area contributed by atoms with E-state index < -0.39 is 0 Å². The van der Waals surface area contributed by atoms with Gasteiger partial charge in [-0.3, -0.25) is 4.79 Å². The van der Waals surface area contributed by atoms with Crippen LogP contribution in [0.3, 0.4) is 0 Å². The van der Waals surface area contributed by atoms with E-state index in [4.69, 9.17) is 16.3 Å². The lowest BCUT2D eigenvalue weighted by molar-refractivity contribution is 0.0959. The summed E-state index contributed by atoms with van der Waals surface area (Å²) in [6, 6.07) is 6.46. The highest BCUT2D eigenvalue weighted by Gasteiger charge is 2.09. The Kier molecular flexibility index (Phi) is 4.60. The van der Waals surface area contributed by atoms with Gasteiger partial charge in [0.05, 0.1) is 18.2 Å². The number of amides is 1. The number of nitrogens with one attached hydrogen (secondary N) is 1. The molecule has 0 unspecified atom stereocenters. The van der Waals surface area contributed by atoms with Crippen molar-refractivity contribution in [3.8, 4) is 11.5 Å². The fourth-order valence-corrected chi connectivity index (χ4v) is 2.30. The Labute approximate surface area is 124 Å². The first-order valence-corrected chi connectivity index (χ1v) is 6.81. The fraction of sp³-hybridized carbons (Fsp3) is 0.0769.